The van der Waals surface area contributed by atoms with Crippen molar-refractivity contribution in [3.63, 3.8) is 0 Å². The number of likely N-dealkylation sites (tertiary alicyclic amines) is 1. The third kappa shape index (κ3) is 2.80. The summed E-state index contributed by atoms with van der Waals surface area (Å²) >= 11 is 1.46. The van der Waals surface area contributed by atoms with Gasteiger partial charge in [0.25, 0.3) is 11.1 Å². The van der Waals surface area contributed by atoms with Gasteiger partial charge in [0.15, 0.2) is 0 Å². The van der Waals surface area contributed by atoms with E-state index in [-0.39, 0.29) is 11.8 Å². The number of aromatic amines is 1. The summed E-state index contributed by atoms with van der Waals surface area (Å²) in [6.45, 7) is 0.852. The third-order valence-electron chi connectivity index (χ3n) is 4.41. The van der Waals surface area contributed by atoms with Crippen molar-refractivity contribution >= 4 is 28.6 Å². The zero-order valence-electron chi connectivity index (χ0n) is 13.4. The summed E-state index contributed by atoms with van der Waals surface area (Å²) in [5.74, 6) is 1.43. The second kappa shape index (κ2) is 6.32. The van der Waals surface area contributed by atoms with E-state index in [0.29, 0.717) is 16.9 Å². The molecule has 0 aliphatic carbocycles. The van der Waals surface area contributed by atoms with Gasteiger partial charge in [-0.3, -0.25) is 4.79 Å². The maximum absolute atomic E-state index is 12.1. The number of hydrogen-bond acceptors (Lipinski definition) is 5. The molecule has 3 heterocycles. The lowest BCUT2D eigenvalue weighted by Gasteiger charge is -2.28. The molecular formula is C17H18N4O2S. The quantitative estimate of drug-likeness (QED) is 0.737. The van der Waals surface area contributed by atoms with Crippen LogP contribution in [0.25, 0.3) is 22.4 Å². The number of para-hydroxylation sites is 1. The van der Waals surface area contributed by atoms with Crippen molar-refractivity contribution in [1.82, 2.24) is 20.1 Å². The van der Waals surface area contributed by atoms with Crippen LogP contribution in [0.1, 0.15) is 12.8 Å². The molecule has 1 atom stereocenters. The van der Waals surface area contributed by atoms with Crippen LogP contribution in [0, 0.1) is 5.92 Å². The number of benzene rings is 1. The smallest absolute Gasteiger partial charge is 0.276 e. The molecule has 0 bridgehead atoms. The predicted molar refractivity (Wildman–Crippen MR) is 92.7 cm³/mol. The van der Waals surface area contributed by atoms with Crippen LogP contribution in [-0.4, -0.2) is 45.3 Å². The van der Waals surface area contributed by atoms with Gasteiger partial charge in [0.2, 0.25) is 5.91 Å². The summed E-state index contributed by atoms with van der Waals surface area (Å²) in [6, 6.07) is 8.00. The molecule has 6 nitrogen and oxygen atoms in total. The van der Waals surface area contributed by atoms with Gasteiger partial charge in [-0.15, -0.1) is 10.2 Å². The molecule has 1 aliphatic rings. The fraction of sp³-hybridized carbons (Fsp3) is 0.353. The van der Waals surface area contributed by atoms with Crippen molar-refractivity contribution in [3.05, 3.63) is 30.5 Å². The number of H-pyrrole nitrogens is 1. The van der Waals surface area contributed by atoms with Crippen molar-refractivity contribution in [2.24, 2.45) is 5.92 Å². The van der Waals surface area contributed by atoms with Crippen LogP contribution in [0.15, 0.2) is 40.1 Å². The Morgan fingerprint density at radius 3 is 3.17 bits per heavy atom. The van der Waals surface area contributed by atoms with Gasteiger partial charge in [-0.1, -0.05) is 30.0 Å². The molecule has 0 spiro atoms. The fourth-order valence-electron chi connectivity index (χ4n) is 3.07. The van der Waals surface area contributed by atoms with Crippen molar-refractivity contribution in [1.29, 1.82) is 0 Å². The summed E-state index contributed by atoms with van der Waals surface area (Å²) in [5.41, 5.74) is 1.94. The highest BCUT2D eigenvalue weighted by atomic mass is 32.2. The number of hydrogen-bond donors (Lipinski definition) is 1. The monoisotopic (exact) mass is 342 g/mol. The molecule has 1 unspecified atom stereocenters. The molecule has 4 rings (SSSR count). The Morgan fingerprint density at radius 1 is 1.38 bits per heavy atom. The highest BCUT2D eigenvalue weighted by Crippen LogP contribution is 2.31. The maximum atomic E-state index is 12.1. The molecule has 3 aromatic rings. The van der Waals surface area contributed by atoms with Crippen LogP contribution in [-0.2, 0) is 4.79 Å². The lowest BCUT2D eigenvalue weighted by atomic mass is 10.00. The highest BCUT2D eigenvalue weighted by molar-refractivity contribution is 7.99. The van der Waals surface area contributed by atoms with Crippen molar-refractivity contribution < 1.29 is 9.21 Å². The van der Waals surface area contributed by atoms with E-state index in [9.17, 15) is 4.79 Å². The molecule has 7 heteroatoms. The zero-order valence-corrected chi connectivity index (χ0v) is 14.2. The number of thioether (sulfide) groups is 1. The van der Waals surface area contributed by atoms with Crippen molar-refractivity contribution in [2.45, 2.75) is 18.1 Å². The molecular weight excluding hydrogens is 324 g/mol. The number of nitrogens with zero attached hydrogens (tertiary/aromatic N) is 3. The van der Waals surface area contributed by atoms with Gasteiger partial charge in [-0.2, -0.15) is 0 Å². The fourth-order valence-corrected chi connectivity index (χ4v) is 3.96. The molecule has 24 heavy (non-hydrogen) atoms. The van der Waals surface area contributed by atoms with E-state index < -0.39 is 0 Å². The first-order valence-electron chi connectivity index (χ1n) is 8.00. The Kier molecular flexibility index (Phi) is 4.02. The Morgan fingerprint density at radius 2 is 2.25 bits per heavy atom. The van der Waals surface area contributed by atoms with Gasteiger partial charge >= 0.3 is 0 Å². The van der Waals surface area contributed by atoms with E-state index in [2.05, 4.69) is 15.2 Å². The summed E-state index contributed by atoms with van der Waals surface area (Å²) < 4.78 is 5.79. The van der Waals surface area contributed by atoms with Crippen molar-refractivity contribution in [3.8, 4) is 11.5 Å². The van der Waals surface area contributed by atoms with Gasteiger partial charge in [-0.05, 0) is 18.9 Å². The first kappa shape index (κ1) is 15.3. The topological polar surface area (TPSA) is 75.0 Å². The van der Waals surface area contributed by atoms with E-state index in [1.807, 2.05) is 37.5 Å². The molecule has 1 fully saturated rings. The lowest BCUT2D eigenvalue weighted by Crippen LogP contribution is -2.39. The first-order valence-corrected chi connectivity index (χ1v) is 8.98. The van der Waals surface area contributed by atoms with Crippen LogP contribution in [0.4, 0.5) is 0 Å². The van der Waals surface area contributed by atoms with Gasteiger partial charge in [0, 0.05) is 42.4 Å². The Hall–Kier alpha value is -2.28. The third-order valence-corrected chi connectivity index (χ3v) is 5.39. The van der Waals surface area contributed by atoms with Gasteiger partial charge in [0.1, 0.15) is 0 Å². The predicted octanol–water partition coefficient (Wildman–Crippen LogP) is 3.18. The number of amides is 1. The molecule has 1 amide bonds. The molecule has 1 aromatic carbocycles. The molecule has 1 aliphatic heterocycles. The molecule has 124 valence electrons. The SMILES string of the molecule is CN1CCCC(CSc2nnc(-c3c[nH]c4ccccc34)o2)C1=O. The summed E-state index contributed by atoms with van der Waals surface area (Å²) in [6.07, 6.45) is 3.86. The number of carbonyl (C=O) groups is 1. The van der Waals surface area contributed by atoms with Gasteiger partial charge < -0.3 is 14.3 Å². The average Bonchev–Trinajstić information content (AvgIpc) is 3.22. The zero-order chi connectivity index (χ0) is 16.5. The van der Waals surface area contributed by atoms with Gasteiger partial charge in [0.05, 0.1) is 5.56 Å². The first-order chi connectivity index (χ1) is 11.7. The minimum atomic E-state index is 0.0391. The Labute approximate surface area is 143 Å². The maximum Gasteiger partial charge on any atom is 0.276 e. The van der Waals surface area contributed by atoms with E-state index in [1.54, 1.807) is 4.90 Å². The van der Waals surface area contributed by atoms with E-state index in [0.717, 1.165) is 35.9 Å². The number of aromatic nitrogens is 3. The second-order valence-corrected chi connectivity index (χ2v) is 7.00. The van der Waals surface area contributed by atoms with E-state index in [1.165, 1.54) is 11.8 Å². The second-order valence-electron chi connectivity index (χ2n) is 6.03. The standard InChI is InChI=1S/C17H18N4O2S/c1-21-8-4-5-11(16(21)22)10-24-17-20-19-15(23-17)13-9-18-14-7-3-2-6-12(13)14/h2-3,6-7,9,11,18H,4-5,8,10H2,1H3. The number of fused-ring (bicyclic) bond motifs is 1. The van der Waals surface area contributed by atoms with Crippen LogP contribution < -0.4 is 0 Å². The van der Waals surface area contributed by atoms with Crippen LogP contribution >= 0.6 is 11.8 Å². The summed E-state index contributed by atoms with van der Waals surface area (Å²) in [5, 5.41) is 9.84. The average molecular weight is 342 g/mol. The van der Waals surface area contributed by atoms with E-state index >= 15 is 0 Å². The number of piperidine rings is 1. The minimum absolute atomic E-state index is 0.0391. The Bertz CT molecular complexity index is 872. The van der Waals surface area contributed by atoms with Crippen LogP contribution in [0.2, 0.25) is 0 Å². The lowest BCUT2D eigenvalue weighted by molar-refractivity contribution is -0.135. The molecule has 1 N–H and O–H groups in total. The van der Waals surface area contributed by atoms with Gasteiger partial charge in [-0.25, -0.2) is 0 Å². The summed E-state index contributed by atoms with van der Waals surface area (Å²) in [7, 11) is 1.86. The number of rotatable bonds is 4. The summed E-state index contributed by atoms with van der Waals surface area (Å²) in [4.78, 5) is 17.1. The number of nitrogens with one attached hydrogen (secondary N) is 1. The highest BCUT2D eigenvalue weighted by Gasteiger charge is 2.27. The largest absolute Gasteiger partial charge is 0.411 e. The molecule has 0 saturated carbocycles. The number of carbonyl (C=O) groups excluding carboxylic acids is 1. The molecule has 2 aromatic heterocycles. The van der Waals surface area contributed by atoms with E-state index in [4.69, 9.17) is 4.42 Å². The van der Waals surface area contributed by atoms with Crippen LogP contribution in [0.5, 0.6) is 0 Å². The minimum Gasteiger partial charge on any atom is -0.411 e. The molecule has 1 saturated heterocycles. The van der Waals surface area contributed by atoms with Crippen molar-refractivity contribution in [2.75, 3.05) is 19.3 Å². The van der Waals surface area contributed by atoms with Crippen LogP contribution in [0.3, 0.4) is 0 Å². The molecule has 0 radical (unpaired) electrons. The Balaban J connectivity index is 1.48. The normalized spacial score (nSPS) is 18.5.